The standard InChI is InChI=1S/C13H19N3OS/c17-12-7-11(15-13(16-12)10-1-2-10)14-8-9-3-5-18-6-4-9/h7,9-10H,1-6,8H2,(H2,14,15,16,17). The van der Waals surface area contributed by atoms with Gasteiger partial charge in [-0.25, -0.2) is 4.98 Å². The normalized spacial score (nSPS) is 20.9. The quantitative estimate of drug-likeness (QED) is 0.876. The molecule has 1 aliphatic heterocycles. The maximum atomic E-state index is 11.6. The average molecular weight is 265 g/mol. The molecule has 1 aromatic heterocycles. The SMILES string of the molecule is O=c1cc(NCC2CCSCC2)nc(C2CC2)[nH]1. The number of rotatable bonds is 4. The Labute approximate surface area is 111 Å². The summed E-state index contributed by atoms with van der Waals surface area (Å²) in [6, 6.07) is 1.57. The number of hydrogen-bond acceptors (Lipinski definition) is 4. The van der Waals surface area contributed by atoms with Crippen LogP contribution < -0.4 is 10.9 Å². The van der Waals surface area contributed by atoms with E-state index in [1.165, 1.54) is 24.3 Å². The summed E-state index contributed by atoms with van der Waals surface area (Å²) in [7, 11) is 0. The van der Waals surface area contributed by atoms with E-state index in [4.69, 9.17) is 0 Å². The van der Waals surface area contributed by atoms with Crippen LogP contribution in [0, 0.1) is 5.92 Å². The highest BCUT2D eigenvalue weighted by atomic mass is 32.2. The van der Waals surface area contributed by atoms with Crippen LogP contribution >= 0.6 is 11.8 Å². The lowest BCUT2D eigenvalue weighted by molar-refractivity contribution is 0.515. The van der Waals surface area contributed by atoms with Gasteiger partial charge in [0.2, 0.25) is 0 Å². The molecule has 4 nitrogen and oxygen atoms in total. The maximum absolute atomic E-state index is 11.6. The molecule has 0 atom stereocenters. The van der Waals surface area contributed by atoms with E-state index in [-0.39, 0.29) is 5.56 Å². The van der Waals surface area contributed by atoms with Crippen molar-refractivity contribution in [3.63, 3.8) is 0 Å². The van der Waals surface area contributed by atoms with Gasteiger partial charge in [-0.1, -0.05) is 0 Å². The first-order chi connectivity index (χ1) is 8.81. The summed E-state index contributed by atoms with van der Waals surface area (Å²) in [5.74, 6) is 5.37. The molecule has 0 unspecified atom stereocenters. The number of H-pyrrole nitrogens is 1. The van der Waals surface area contributed by atoms with Gasteiger partial charge in [0.05, 0.1) is 0 Å². The maximum Gasteiger partial charge on any atom is 0.252 e. The largest absolute Gasteiger partial charge is 0.370 e. The highest BCUT2D eigenvalue weighted by molar-refractivity contribution is 7.99. The summed E-state index contributed by atoms with van der Waals surface area (Å²) in [6.45, 7) is 0.946. The Balaban J connectivity index is 1.62. The van der Waals surface area contributed by atoms with Gasteiger partial charge in [-0.15, -0.1) is 0 Å². The van der Waals surface area contributed by atoms with Crippen LogP contribution in [-0.2, 0) is 0 Å². The van der Waals surface area contributed by atoms with Crippen molar-refractivity contribution in [2.45, 2.75) is 31.6 Å². The number of anilines is 1. The van der Waals surface area contributed by atoms with Crippen LogP contribution in [0.2, 0.25) is 0 Å². The van der Waals surface area contributed by atoms with Crippen LogP contribution in [0.5, 0.6) is 0 Å². The average Bonchev–Trinajstić information content (AvgIpc) is 3.21. The lowest BCUT2D eigenvalue weighted by Crippen LogP contribution is -2.21. The predicted octanol–water partition coefficient (Wildman–Crippen LogP) is 2.20. The van der Waals surface area contributed by atoms with Gasteiger partial charge in [0, 0.05) is 18.5 Å². The molecule has 5 heteroatoms. The molecule has 1 saturated heterocycles. The van der Waals surface area contributed by atoms with E-state index in [1.807, 2.05) is 11.8 Å². The molecule has 1 saturated carbocycles. The van der Waals surface area contributed by atoms with Crippen LogP contribution in [0.15, 0.2) is 10.9 Å². The van der Waals surface area contributed by atoms with Crippen molar-refractivity contribution in [1.29, 1.82) is 0 Å². The Kier molecular flexibility index (Phi) is 3.59. The first-order valence-electron chi connectivity index (χ1n) is 6.74. The summed E-state index contributed by atoms with van der Waals surface area (Å²) in [5, 5.41) is 3.34. The molecule has 1 aromatic rings. The molecule has 98 valence electrons. The Morgan fingerprint density at radius 2 is 2.11 bits per heavy atom. The highest BCUT2D eigenvalue weighted by Crippen LogP contribution is 2.37. The molecule has 18 heavy (non-hydrogen) atoms. The fourth-order valence-electron chi connectivity index (χ4n) is 2.32. The third-order valence-corrected chi connectivity index (χ3v) is 4.69. The first-order valence-corrected chi connectivity index (χ1v) is 7.89. The summed E-state index contributed by atoms with van der Waals surface area (Å²) in [5.41, 5.74) is -0.0337. The molecule has 1 aliphatic carbocycles. The second kappa shape index (κ2) is 5.34. The van der Waals surface area contributed by atoms with Crippen molar-refractivity contribution < 1.29 is 0 Å². The molecular formula is C13H19N3OS. The Hall–Kier alpha value is -0.970. The van der Waals surface area contributed by atoms with Crippen molar-refractivity contribution in [3.8, 4) is 0 Å². The molecule has 0 spiro atoms. The van der Waals surface area contributed by atoms with Crippen molar-refractivity contribution in [2.24, 2.45) is 5.92 Å². The van der Waals surface area contributed by atoms with Crippen LogP contribution in [0.25, 0.3) is 0 Å². The van der Waals surface area contributed by atoms with Crippen molar-refractivity contribution >= 4 is 17.6 Å². The summed E-state index contributed by atoms with van der Waals surface area (Å²) in [6.07, 6.45) is 4.87. The first kappa shape index (κ1) is 12.1. The number of hydrogen-bond donors (Lipinski definition) is 2. The van der Waals surface area contributed by atoms with E-state index < -0.39 is 0 Å². The highest BCUT2D eigenvalue weighted by Gasteiger charge is 2.26. The van der Waals surface area contributed by atoms with E-state index in [2.05, 4.69) is 15.3 Å². The summed E-state index contributed by atoms with van der Waals surface area (Å²) >= 11 is 2.04. The lowest BCUT2D eigenvalue weighted by atomic mass is 10.0. The number of thioether (sulfide) groups is 1. The van der Waals surface area contributed by atoms with Gasteiger partial charge in [0.1, 0.15) is 11.6 Å². The molecule has 2 N–H and O–H groups in total. The molecular weight excluding hydrogens is 246 g/mol. The molecule has 2 heterocycles. The number of nitrogens with one attached hydrogen (secondary N) is 2. The lowest BCUT2D eigenvalue weighted by Gasteiger charge is -2.21. The molecule has 3 rings (SSSR count). The molecule has 0 aromatic carbocycles. The number of aromatic amines is 1. The fraction of sp³-hybridized carbons (Fsp3) is 0.692. The molecule has 0 bridgehead atoms. The Morgan fingerprint density at radius 1 is 1.33 bits per heavy atom. The molecule has 2 aliphatic rings. The van der Waals surface area contributed by atoms with Gasteiger partial charge < -0.3 is 10.3 Å². The van der Waals surface area contributed by atoms with Gasteiger partial charge in [-0.05, 0) is 43.1 Å². The fourth-order valence-corrected chi connectivity index (χ4v) is 3.52. The van der Waals surface area contributed by atoms with Crippen molar-refractivity contribution in [1.82, 2.24) is 9.97 Å². The zero-order valence-electron chi connectivity index (χ0n) is 10.4. The molecule has 0 amide bonds. The summed E-state index contributed by atoms with van der Waals surface area (Å²) < 4.78 is 0. The predicted molar refractivity (Wildman–Crippen MR) is 75.4 cm³/mol. The second-order valence-electron chi connectivity index (χ2n) is 5.23. The zero-order valence-corrected chi connectivity index (χ0v) is 11.3. The van der Waals surface area contributed by atoms with Gasteiger partial charge >= 0.3 is 0 Å². The van der Waals surface area contributed by atoms with E-state index in [1.54, 1.807) is 6.07 Å². The van der Waals surface area contributed by atoms with Crippen molar-refractivity contribution in [2.75, 3.05) is 23.4 Å². The van der Waals surface area contributed by atoms with E-state index in [0.717, 1.165) is 36.9 Å². The van der Waals surface area contributed by atoms with Crippen LogP contribution in [0.3, 0.4) is 0 Å². The molecule has 0 radical (unpaired) electrons. The molecule has 2 fully saturated rings. The minimum atomic E-state index is -0.0337. The zero-order chi connectivity index (χ0) is 12.4. The Bertz CT molecular complexity index is 464. The van der Waals surface area contributed by atoms with Crippen LogP contribution in [0.4, 0.5) is 5.82 Å². The van der Waals surface area contributed by atoms with Crippen LogP contribution in [0.1, 0.15) is 37.4 Å². The number of aromatic nitrogens is 2. The van der Waals surface area contributed by atoms with E-state index in [9.17, 15) is 4.79 Å². The minimum absolute atomic E-state index is 0.0337. The van der Waals surface area contributed by atoms with E-state index in [0.29, 0.717) is 5.92 Å². The minimum Gasteiger partial charge on any atom is -0.370 e. The smallest absolute Gasteiger partial charge is 0.252 e. The number of nitrogens with zero attached hydrogens (tertiary/aromatic N) is 1. The second-order valence-corrected chi connectivity index (χ2v) is 6.45. The van der Waals surface area contributed by atoms with E-state index >= 15 is 0 Å². The van der Waals surface area contributed by atoms with Gasteiger partial charge in [0.25, 0.3) is 5.56 Å². The summed E-state index contributed by atoms with van der Waals surface area (Å²) in [4.78, 5) is 18.9. The van der Waals surface area contributed by atoms with Gasteiger partial charge in [0.15, 0.2) is 0 Å². The Morgan fingerprint density at radius 3 is 2.83 bits per heavy atom. The van der Waals surface area contributed by atoms with Crippen LogP contribution in [-0.4, -0.2) is 28.0 Å². The van der Waals surface area contributed by atoms with Gasteiger partial charge in [-0.2, -0.15) is 11.8 Å². The third-order valence-electron chi connectivity index (χ3n) is 3.64. The van der Waals surface area contributed by atoms with Gasteiger partial charge in [-0.3, -0.25) is 4.79 Å². The third kappa shape index (κ3) is 3.07. The monoisotopic (exact) mass is 265 g/mol. The topological polar surface area (TPSA) is 57.8 Å². The van der Waals surface area contributed by atoms with Crippen molar-refractivity contribution in [3.05, 3.63) is 22.2 Å².